The molecule has 0 saturated carbocycles. The van der Waals surface area contributed by atoms with Crippen molar-refractivity contribution in [2.75, 3.05) is 0 Å². The number of fused-ring (bicyclic) bond motifs is 1. The highest BCUT2D eigenvalue weighted by molar-refractivity contribution is 5.93. The molecule has 0 atom stereocenters. The zero-order chi connectivity index (χ0) is 13.2. The Morgan fingerprint density at radius 1 is 1.11 bits per heavy atom. The quantitative estimate of drug-likeness (QED) is 0.698. The van der Waals surface area contributed by atoms with Gasteiger partial charge in [-0.25, -0.2) is 14.6 Å². The van der Waals surface area contributed by atoms with E-state index in [1.165, 1.54) is 11.0 Å². The first kappa shape index (κ1) is 11.5. The van der Waals surface area contributed by atoms with E-state index in [2.05, 4.69) is 15.1 Å². The van der Waals surface area contributed by atoms with Gasteiger partial charge in [0, 0.05) is 29.9 Å². The largest absolute Gasteiger partial charge is 0.274 e. The van der Waals surface area contributed by atoms with E-state index in [0.29, 0.717) is 11.9 Å². The molecule has 0 spiro atoms. The van der Waals surface area contributed by atoms with Gasteiger partial charge >= 0.3 is 0 Å². The second-order valence-electron chi connectivity index (χ2n) is 4.14. The third-order valence-electron chi connectivity index (χ3n) is 3.00. The van der Waals surface area contributed by atoms with E-state index in [-0.39, 0.29) is 5.56 Å². The van der Waals surface area contributed by atoms with Crippen LogP contribution in [0.5, 0.6) is 0 Å². The van der Waals surface area contributed by atoms with Crippen LogP contribution in [0, 0.1) is 0 Å². The molecule has 2 heterocycles. The van der Waals surface area contributed by atoms with Gasteiger partial charge in [0.25, 0.3) is 5.56 Å². The van der Waals surface area contributed by atoms with Crippen LogP contribution >= 0.6 is 0 Å². The average molecular weight is 252 g/mol. The molecule has 0 aliphatic heterocycles. The summed E-state index contributed by atoms with van der Waals surface area (Å²) in [5.41, 5.74) is 1.47. The lowest BCUT2D eigenvalue weighted by atomic mass is 10.1. The molecule has 5 heteroatoms. The Balaban J connectivity index is 2.42. The Morgan fingerprint density at radius 3 is 2.47 bits per heavy atom. The Hall–Kier alpha value is -2.56. The maximum absolute atomic E-state index is 12.2. The van der Waals surface area contributed by atoms with E-state index in [1.54, 1.807) is 12.4 Å². The molecule has 3 aromatic rings. The highest BCUT2D eigenvalue weighted by Crippen LogP contribution is 2.22. The molecule has 19 heavy (non-hydrogen) atoms. The van der Waals surface area contributed by atoms with Crippen LogP contribution in [0.2, 0.25) is 0 Å². The second kappa shape index (κ2) is 4.61. The Bertz CT molecular complexity index is 780. The molecule has 0 unspecified atom stereocenters. The first-order valence-corrected chi connectivity index (χ1v) is 6.06. The second-order valence-corrected chi connectivity index (χ2v) is 4.14. The molecule has 2 aromatic heterocycles. The van der Waals surface area contributed by atoms with E-state index in [4.69, 9.17) is 0 Å². The SMILES string of the molecule is CCn1nc(-c2cncnc2)c2ccccc2c1=O. The van der Waals surface area contributed by atoms with E-state index in [9.17, 15) is 4.79 Å². The lowest BCUT2D eigenvalue weighted by molar-refractivity contribution is 0.626. The standard InChI is InChI=1S/C14H12N4O/c1-2-18-14(19)12-6-4-3-5-11(12)13(17-18)10-7-15-9-16-8-10/h3-9H,2H2,1H3. The van der Waals surface area contributed by atoms with E-state index >= 15 is 0 Å². The van der Waals surface area contributed by atoms with Gasteiger partial charge in [0.05, 0.1) is 5.39 Å². The summed E-state index contributed by atoms with van der Waals surface area (Å²) in [4.78, 5) is 20.2. The predicted octanol–water partition coefficient (Wildman–Crippen LogP) is 1.87. The lowest BCUT2D eigenvalue weighted by Gasteiger charge is -2.08. The van der Waals surface area contributed by atoms with Crippen molar-refractivity contribution in [3.05, 3.63) is 53.3 Å². The minimum absolute atomic E-state index is 0.0706. The molecular formula is C14H12N4O. The molecule has 0 saturated heterocycles. The van der Waals surface area contributed by atoms with Gasteiger partial charge in [0.15, 0.2) is 0 Å². The summed E-state index contributed by atoms with van der Waals surface area (Å²) >= 11 is 0. The topological polar surface area (TPSA) is 60.7 Å². The zero-order valence-electron chi connectivity index (χ0n) is 10.4. The highest BCUT2D eigenvalue weighted by Gasteiger charge is 2.11. The summed E-state index contributed by atoms with van der Waals surface area (Å²) < 4.78 is 1.46. The van der Waals surface area contributed by atoms with Crippen LogP contribution in [0.15, 0.2) is 47.8 Å². The Labute approximate surface area is 109 Å². The van der Waals surface area contributed by atoms with Crippen molar-refractivity contribution in [3.8, 4) is 11.3 Å². The Morgan fingerprint density at radius 2 is 1.79 bits per heavy atom. The Kier molecular flexibility index (Phi) is 2.79. The van der Waals surface area contributed by atoms with E-state index in [1.807, 2.05) is 31.2 Å². The van der Waals surface area contributed by atoms with Crippen LogP contribution in [0.4, 0.5) is 0 Å². The molecule has 0 bridgehead atoms. The molecule has 0 aliphatic rings. The van der Waals surface area contributed by atoms with Crippen LogP contribution in [0.3, 0.4) is 0 Å². The molecule has 0 radical (unpaired) electrons. The third-order valence-corrected chi connectivity index (χ3v) is 3.00. The van der Waals surface area contributed by atoms with Crippen molar-refractivity contribution >= 4 is 10.8 Å². The molecular weight excluding hydrogens is 240 g/mol. The van der Waals surface area contributed by atoms with E-state index in [0.717, 1.165) is 16.6 Å². The van der Waals surface area contributed by atoms with E-state index < -0.39 is 0 Å². The minimum Gasteiger partial charge on any atom is -0.267 e. The van der Waals surface area contributed by atoms with Gasteiger partial charge in [0.1, 0.15) is 12.0 Å². The average Bonchev–Trinajstić information content (AvgIpc) is 2.49. The lowest BCUT2D eigenvalue weighted by Crippen LogP contribution is -2.22. The number of aromatic nitrogens is 4. The maximum Gasteiger partial charge on any atom is 0.274 e. The van der Waals surface area contributed by atoms with Crippen molar-refractivity contribution in [3.63, 3.8) is 0 Å². The number of hydrogen-bond donors (Lipinski definition) is 0. The van der Waals surface area contributed by atoms with Crippen molar-refractivity contribution in [2.24, 2.45) is 0 Å². The number of rotatable bonds is 2. The van der Waals surface area contributed by atoms with Crippen molar-refractivity contribution in [2.45, 2.75) is 13.5 Å². The fourth-order valence-electron chi connectivity index (χ4n) is 2.08. The highest BCUT2D eigenvalue weighted by atomic mass is 16.1. The number of aryl methyl sites for hydroxylation is 1. The molecule has 0 aliphatic carbocycles. The van der Waals surface area contributed by atoms with Gasteiger partial charge < -0.3 is 0 Å². The zero-order valence-corrected chi connectivity index (χ0v) is 10.4. The first-order valence-electron chi connectivity index (χ1n) is 6.06. The van der Waals surface area contributed by atoms with Gasteiger partial charge in [-0.15, -0.1) is 0 Å². The van der Waals surface area contributed by atoms with Crippen LogP contribution in [0.25, 0.3) is 22.0 Å². The predicted molar refractivity (Wildman–Crippen MR) is 72.7 cm³/mol. The molecule has 0 fully saturated rings. The fraction of sp³-hybridized carbons (Fsp3) is 0.143. The molecule has 0 N–H and O–H groups in total. The summed E-state index contributed by atoms with van der Waals surface area (Å²) in [6.07, 6.45) is 4.88. The van der Waals surface area contributed by atoms with Gasteiger partial charge in [-0.05, 0) is 13.0 Å². The third kappa shape index (κ3) is 1.89. The molecule has 3 rings (SSSR count). The maximum atomic E-state index is 12.2. The molecule has 94 valence electrons. The normalized spacial score (nSPS) is 10.8. The number of hydrogen-bond acceptors (Lipinski definition) is 4. The smallest absolute Gasteiger partial charge is 0.267 e. The summed E-state index contributed by atoms with van der Waals surface area (Å²) in [6.45, 7) is 2.43. The van der Waals surface area contributed by atoms with Crippen molar-refractivity contribution in [1.29, 1.82) is 0 Å². The van der Waals surface area contributed by atoms with Crippen LogP contribution in [0.1, 0.15) is 6.92 Å². The van der Waals surface area contributed by atoms with Crippen LogP contribution in [-0.4, -0.2) is 19.7 Å². The monoisotopic (exact) mass is 252 g/mol. The molecule has 0 amide bonds. The molecule has 1 aromatic carbocycles. The summed E-state index contributed by atoms with van der Waals surface area (Å²) in [6, 6.07) is 7.47. The number of benzene rings is 1. The summed E-state index contributed by atoms with van der Waals surface area (Å²) in [5, 5.41) is 5.90. The summed E-state index contributed by atoms with van der Waals surface area (Å²) in [7, 11) is 0. The van der Waals surface area contributed by atoms with Crippen LogP contribution in [-0.2, 0) is 6.54 Å². The van der Waals surface area contributed by atoms with Crippen molar-refractivity contribution in [1.82, 2.24) is 19.7 Å². The fourth-order valence-corrected chi connectivity index (χ4v) is 2.08. The van der Waals surface area contributed by atoms with Gasteiger partial charge in [-0.1, -0.05) is 18.2 Å². The first-order chi connectivity index (χ1) is 9.31. The van der Waals surface area contributed by atoms with Gasteiger partial charge in [-0.2, -0.15) is 5.10 Å². The molecule has 5 nitrogen and oxygen atoms in total. The van der Waals surface area contributed by atoms with Gasteiger partial charge in [0.2, 0.25) is 0 Å². The van der Waals surface area contributed by atoms with Crippen molar-refractivity contribution < 1.29 is 0 Å². The summed E-state index contributed by atoms with van der Waals surface area (Å²) in [5.74, 6) is 0. The number of nitrogens with zero attached hydrogens (tertiary/aromatic N) is 4. The minimum atomic E-state index is -0.0706. The van der Waals surface area contributed by atoms with Crippen LogP contribution < -0.4 is 5.56 Å². The van der Waals surface area contributed by atoms with Gasteiger partial charge in [-0.3, -0.25) is 4.79 Å².